The van der Waals surface area contributed by atoms with E-state index in [1.165, 1.54) is 18.4 Å². The van der Waals surface area contributed by atoms with Crippen LogP contribution in [-0.2, 0) is 4.74 Å². The van der Waals surface area contributed by atoms with Crippen LogP contribution < -0.4 is 5.73 Å². The van der Waals surface area contributed by atoms with Gasteiger partial charge >= 0.3 is 5.97 Å². The van der Waals surface area contributed by atoms with E-state index >= 15 is 0 Å². The number of nitrogens with two attached hydrogens (primary N) is 1. The summed E-state index contributed by atoms with van der Waals surface area (Å²) >= 11 is 13.2. The van der Waals surface area contributed by atoms with Gasteiger partial charge in [-0.3, -0.25) is 0 Å². The Balaban J connectivity index is 2.51. The Kier molecular flexibility index (Phi) is 3.75. The number of methoxy groups -OCH3 is 1. The normalized spacial score (nSPS) is 10.4. The van der Waals surface area contributed by atoms with Crippen LogP contribution in [0.15, 0.2) is 18.2 Å². The molecule has 2 heterocycles. The minimum absolute atomic E-state index is 0.203. The van der Waals surface area contributed by atoms with Gasteiger partial charge in [-0.05, 0) is 12.1 Å². The highest BCUT2D eigenvalue weighted by Crippen LogP contribution is 2.44. The smallest absolute Gasteiger partial charge is 0.356 e. The number of nitrogens with zero attached hydrogens (tertiary/aromatic N) is 1. The minimum Gasteiger partial charge on any atom is -0.464 e. The lowest BCUT2D eigenvalue weighted by Crippen LogP contribution is -2.04. The van der Waals surface area contributed by atoms with Gasteiger partial charge in [0.05, 0.1) is 28.4 Å². The van der Waals surface area contributed by atoms with Crippen LogP contribution in [0.25, 0.3) is 10.6 Å². The molecule has 0 spiro atoms. The van der Waals surface area contributed by atoms with Crippen molar-refractivity contribution in [1.29, 1.82) is 0 Å². The lowest BCUT2D eigenvalue weighted by molar-refractivity contribution is 0.0594. The largest absolute Gasteiger partial charge is 0.464 e. The summed E-state index contributed by atoms with van der Waals surface area (Å²) in [7, 11) is 1.30. The monoisotopic (exact) mass is 302 g/mol. The fourth-order valence-electron chi connectivity index (χ4n) is 1.34. The van der Waals surface area contributed by atoms with Gasteiger partial charge in [0.25, 0.3) is 0 Å². The highest BCUT2D eigenvalue weighted by Gasteiger charge is 2.17. The van der Waals surface area contributed by atoms with Crippen molar-refractivity contribution in [1.82, 2.24) is 4.98 Å². The van der Waals surface area contributed by atoms with E-state index in [1.807, 2.05) is 0 Å². The van der Waals surface area contributed by atoms with Gasteiger partial charge in [0, 0.05) is 0 Å². The molecule has 0 unspecified atom stereocenters. The van der Waals surface area contributed by atoms with Crippen LogP contribution in [0.3, 0.4) is 0 Å². The maximum absolute atomic E-state index is 11.4. The predicted molar refractivity (Wildman–Crippen MR) is 73.3 cm³/mol. The van der Waals surface area contributed by atoms with Gasteiger partial charge < -0.3 is 10.5 Å². The van der Waals surface area contributed by atoms with E-state index in [2.05, 4.69) is 9.72 Å². The molecule has 0 aliphatic heterocycles. The number of nitrogen functional groups attached to an aromatic ring is 1. The van der Waals surface area contributed by atoms with Crippen LogP contribution in [0, 0.1) is 0 Å². The molecule has 94 valence electrons. The summed E-state index contributed by atoms with van der Waals surface area (Å²) in [6.07, 6.45) is 0. The van der Waals surface area contributed by atoms with Crippen molar-refractivity contribution >= 4 is 46.2 Å². The molecule has 0 aromatic carbocycles. The molecular formula is C11H8Cl2N2O2S. The first-order chi connectivity index (χ1) is 8.54. The quantitative estimate of drug-likeness (QED) is 0.863. The summed E-state index contributed by atoms with van der Waals surface area (Å²) < 4.78 is 5.01. The van der Waals surface area contributed by atoms with Crippen molar-refractivity contribution < 1.29 is 9.53 Å². The van der Waals surface area contributed by atoms with E-state index in [0.29, 0.717) is 25.6 Å². The highest BCUT2D eigenvalue weighted by molar-refractivity contribution is 7.20. The Bertz CT molecular complexity index is 613. The minimum atomic E-state index is -0.511. The number of anilines is 1. The second kappa shape index (κ2) is 5.14. The number of carbonyl (C=O) groups is 1. The zero-order valence-electron chi connectivity index (χ0n) is 9.24. The molecule has 7 heteroatoms. The first-order valence-electron chi connectivity index (χ1n) is 4.83. The molecule has 0 aliphatic carbocycles. The molecule has 0 amide bonds. The lowest BCUT2D eigenvalue weighted by atomic mass is 10.2. The van der Waals surface area contributed by atoms with Gasteiger partial charge in [0.1, 0.15) is 10.0 Å². The van der Waals surface area contributed by atoms with E-state index in [0.717, 1.165) is 0 Å². The summed E-state index contributed by atoms with van der Waals surface area (Å²) in [4.78, 5) is 16.2. The molecular weight excluding hydrogens is 295 g/mol. The second-order valence-electron chi connectivity index (χ2n) is 3.33. The van der Waals surface area contributed by atoms with Gasteiger partial charge in [-0.25, -0.2) is 9.78 Å². The predicted octanol–water partition coefficient (Wildman–Crippen LogP) is 3.49. The van der Waals surface area contributed by atoms with E-state index in [1.54, 1.807) is 18.2 Å². The van der Waals surface area contributed by atoms with Crippen LogP contribution in [0.5, 0.6) is 0 Å². The SMILES string of the molecule is COC(=O)c1cccc(-c2sc(Cl)c(N)c2Cl)n1. The van der Waals surface area contributed by atoms with Gasteiger partial charge in [-0.1, -0.05) is 29.3 Å². The van der Waals surface area contributed by atoms with Crippen LogP contribution in [-0.4, -0.2) is 18.1 Å². The summed E-state index contributed by atoms with van der Waals surface area (Å²) in [6.45, 7) is 0. The number of thiophene rings is 1. The van der Waals surface area contributed by atoms with E-state index < -0.39 is 5.97 Å². The number of esters is 1. The van der Waals surface area contributed by atoms with Crippen LogP contribution >= 0.6 is 34.5 Å². The maximum atomic E-state index is 11.4. The van der Waals surface area contributed by atoms with Crippen LogP contribution in [0.1, 0.15) is 10.5 Å². The molecule has 18 heavy (non-hydrogen) atoms. The molecule has 2 N–H and O–H groups in total. The van der Waals surface area contributed by atoms with E-state index in [9.17, 15) is 4.79 Å². The number of hydrogen-bond donors (Lipinski definition) is 1. The molecule has 0 aliphatic rings. The average Bonchev–Trinajstić information content (AvgIpc) is 2.66. The fourth-order valence-corrected chi connectivity index (χ4v) is 2.89. The third-order valence-corrected chi connectivity index (χ3v) is 4.17. The highest BCUT2D eigenvalue weighted by atomic mass is 35.5. The molecule has 4 nitrogen and oxygen atoms in total. The Labute approximate surface area is 117 Å². The standard InChI is InChI=1S/C11H8Cl2N2O2S/c1-17-11(16)6-4-2-3-5(15-6)9-7(12)8(14)10(13)18-9/h2-4H,14H2,1H3. The first kappa shape index (κ1) is 13.1. The number of carbonyl (C=O) groups excluding carboxylic acids is 1. The van der Waals surface area contributed by atoms with Crippen LogP contribution in [0.2, 0.25) is 9.36 Å². The number of pyridine rings is 1. The van der Waals surface area contributed by atoms with Gasteiger partial charge in [0.2, 0.25) is 0 Å². The molecule has 0 radical (unpaired) electrons. The lowest BCUT2D eigenvalue weighted by Gasteiger charge is -2.01. The third kappa shape index (κ3) is 2.29. The molecule has 0 saturated carbocycles. The van der Waals surface area contributed by atoms with E-state index in [4.69, 9.17) is 28.9 Å². The molecule has 0 atom stereocenters. The molecule has 2 aromatic rings. The maximum Gasteiger partial charge on any atom is 0.356 e. The number of rotatable bonds is 2. The topological polar surface area (TPSA) is 65.2 Å². The number of ether oxygens (including phenoxy) is 1. The van der Waals surface area contributed by atoms with Crippen LogP contribution in [0.4, 0.5) is 5.69 Å². The van der Waals surface area contributed by atoms with Gasteiger partial charge in [-0.2, -0.15) is 0 Å². The second-order valence-corrected chi connectivity index (χ2v) is 5.33. The molecule has 2 aromatic heterocycles. The number of halogens is 2. The molecule has 0 bridgehead atoms. The van der Waals surface area contributed by atoms with Crippen molar-refractivity contribution in [3.63, 3.8) is 0 Å². The van der Waals surface area contributed by atoms with Crippen molar-refractivity contribution in [2.45, 2.75) is 0 Å². The van der Waals surface area contributed by atoms with E-state index in [-0.39, 0.29) is 5.69 Å². The Morgan fingerprint density at radius 1 is 1.44 bits per heavy atom. The van der Waals surface area contributed by atoms with Crippen molar-refractivity contribution in [2.24, 2.45) is 0 Å². The third-order valence-electron chi connectivity index (χ3n) is 2.22. The summed E-state index contributed by atoms with van der Waals surface area (Å²) in [5.74, 6) is -0.511. The summed E-state index contributed by atoms with van der Waals surface area (Å²) in [5, 5.41) is 0.347. The average molecular weight is 303 g/mol. The number of aromatic nitrogens is 1. The van der Waals surface area contributed by atoms with Crippen molar-refractivity contribution in [3.05, 3.63) is 33.3 Å². The Hall–Kier alpha value is -1.30. The van der Waals surface area contributed by atoms with Gasteiger partial charge in [0.15, 0.2) is 0 Å². The molecule has 0 fully saturated rings. The van der Waals surface area contributed by atoms with Crippen molar-refractivity contribution in [3.8, 4) is 10.6 Å². The van der Waals surface area contributed by atoms with Crippen molar-refractivity contribution in [2.75, 3.05) is 12.8 Å². The first-order valence-corrected chi connectivity index (χ1v) is 6.41. The fraction of sp³-hybridized carbons (Fsp3) is 0.0909. The Morgan fingerprint density at radius 2 is 2.17 bits per heavy atom. The number of hydrogen-bond acceptors (Lipinski definition) is 5. The molecule has 2 rings (SSSR count). The summed E-state index contributed by atoms with van der Waals surface area (Å²) in [5.41, 5.74) is 6.75. The summed E-state index contributed by atoms with van der Waals surface area (Å²) in [6, 6.07) is 4.97. The zero-order chi connectivity index (χ0) is 13.3. The zero-order valence-corrected chi connectivity index (χ0v) is 11.6. The van der Waals surface area contributed by atoms with Gasteiger partial charge in [-0.15, -0.1) is 11.3 Å². The molecule has 0 saturated heterocycles. The Morgan fingerprint density at radius 3 is 2.72 bits per heavy atom.